The van der Waals surface area contributed by atoms with E-state index in [0.717, 1.165) is 6.61 Å². The molecular formula is C5H15NO4S. The van der Waals surface area contributed by atoms with Gasteiger partial charge < -0.3 is 0 Å². The SMILES string of the molecule is CCON(C)C.CS(=O)(=O)O. The molecule has 11 heavy (non-hydrogen) atoms. The molecule has 0 rings (SSSR count). The van der Waals surface area contributed by atoms with Crippen LogP contribution in [0.5, 0.6) is 0 Å². The first-order valence-electron chi connectivity index (χ1n) is 3.00. The van der Waals surface area contributed by atoms with E-state index in [1.165, 1.54) is 0 Å². The van der Waals surface area contributed by atoms with Crippen LogP contribution >= 0.6 is 0 Å². The summed E-state index contributed by atoms with van der Waals surface area (Å²) in [5, 5.41) is 1.68. The summed E-state index contributed by atoms with van der Waals surface area (Å²) in [7, 11) is 0.0625. The lowest BCUT2D eigenvalue weighted by molar-refractivity contribution is -0.113. The predicted molar refractivity (Wildman–Crippen MR) is 42.8 cm³/mol. The van der Waals surface area contributed by atoms with Crippen LogP contribution in [0.4, 0.5) is 0 Å². The van der Waals surface area contributed by atoms with Gasteiger partial charge in [0.2, 0.25) is 0 Å². The third-order valence-electron chi connectivity index (χ3n) is 0.387. The summed E-state index contributed by atoms with van der Waals surface area (Å²) in [6, 6.07) is 0. The molecule has 5 nitrogen and oxygen atoms in total. The summed E-state index contributed by atoms with van der Waals surface area (Å²) < 4.78 is 25.9. The molecule has 1 N–H and O–H groups in total. The van der Waals surface area contributed by atoms with E-state index >= 15 is 0 Å². The number of rotatable bonds is 2. The standard InChI is InChI=1S/C4H11NO.CH4O3S/c1-4-6-5(2)3;1-5(2,3)4/h4H2,1-3H3;1H3,(H,2,3,4). The topological polar surface area (TPSA) is 66.8 Å². The molecule has 0 radical (unpaired) electrons. The maximum absolute atomic E-state index is 9.19. The van der Waals surface area contributed by atoms with Crippen molar-refractivity contribution in [2.45, 2.75) is 6.92 Å². The van der Waals surface area contributed by atoms with Crippen LogP contribution in [0.3, 0.4) is 0 Å². The third kappa shape index (κ3) is 75.2. The van der Waals surface area contributed by atoms with Crippen LogP contribution < -0.4 is 0 Å². The Bertz CT molecular complexity index is 155. The second-order valence-corrected chi connectivity index (χ2v) is 3.43. The first-order chi connectivity index (χ1) is 4.77. The van der Waals surface area contributed by atoms with Crippen molar-refractivity contribution < 1.29 is 17.8 Å². The van der Waals surface area contributed by atoms with Gasteiger partial charge in [-0.05, 0) is 6.92 Å². The Labute approximate surface area is 67.7 Å². The average molecular weight is 185 g/mol. The minimum Gasteiger partial charge on any atom is -0.300 e. The molecule has 70 valence electrons. The number of nitrogens with zero attached hydrogens (tertiary/aromatic N) is 1. The highest BCUT2D eigenvalue weighted by atomic mass is 32.2. The van der Waals surface area contributed by atoms with Crippen molar-refractivity contribution in [1.29, 1.82) is 0 Å². The van der Waals surface area contributed by atoms with Gasteiger partial charge in [-0.15, -0.1) is 0 Å². The van der Waals surface area contributed by atoms with Crippen LogP contribution in [-0.2, 0) is 15.0 Å². The monoisotopic (exact) mass is 185 g/mol. The Kier molecular flexibility index (Phi) is 7.97. The molecule has 0 heterocycles. The predicted octanol–water partition coefficient (Wildman–Crippen LogP) is 0.00350. The smallest absolute Gasteiger partial charge is 0.261 e. The minimum absolute atomic E-state index is 0.715. The normalized spacial score (nSPS) is 10.7. The molecule has 0 aromatic heterocycles. The molecule has 0 spiro atoms. The van der Waals surface area contributed by atoms with Crippen molar-refractivity contribution in [2.75, 3.05) is 27.0 Å². The molecule has 0 saturated heterocycles. The maximum atomic E-state index is 9.19. The largest absolute Gasteiger partial charge is 0.300 e. The van der Waals surface area contributed by atoms with E-state index in [9.17, 15) is 8.42 Å². The van der Waals surface area contributed by atoms with Gasteiger partial charge in [-0.3, -0.25) is 9.39 Å². The molecule has 0 unspecified atom stereocenters. The molecular weight excluding hydrogens is 170 g/mol. The van der Waals surface area contributed by atoms with Crippen molar-refractivity contribution >= 4 is 10.1 Å². The summed E-state index contributed by atoms with van der Waals surface area (Å²) in [6.07, 6.45) is 0.715. The molecule has 0 amide bonds. The zero-order valence-electron chi connectivity index (χ0n) is 7.23. The number of hydroxylamine groups is 2. The van der Waals surface area contributed by atoms with E-state index < -0.39 is 10.1 Å². The van der Waals surface area contributed by atoms with E-state index in [4.69, 9.17) is 9.39 Å². The van der Waals surface area contributed by atoms with E-state index in [2.05, 4.69) is 0 Å². The quantitative estimate of drug-likeness (QED) is 0.484. The molecule has 6 heteroatoms. The Morgan fingerprint density at radius 2 is 1.73 bits per heavy atom. The fourth-order valence-corrected chi connectivity index (χ4v) is 0.258. The van der Waals surface area contributed by atoms with Crippen molar-refractivity contribution in [3.05, 3.63) is 0 Å². The molecule has 0 aliphatic rings. The third-order valence-corrected chi connectivity index (χ3v) is 0.387. The van der Waals surface area contributed by atoms with Gasteiger partial charge in [-0.25, -0.2) is 0 Å². The maximum Gasteiger partial charge on any atom is 0.261 e. The second kappa shape index (κ2) is 6.53. The zero-order valence-corrected chi connectivity index (χ0v) is 8.05. The number of hydrogen-bond acceptors (Lipinski definition) is 4. The molecule has 0 aromatic carbocycles. The molecule has 0 atom stereocenters. The van der Waals surface area contributed by atoms with Gasteiger partial charge in [0.05, 0.1) is 12.9 Å². The van der Waals surface area contributed by atoms with Crippen LogP contribution in [0.15, 0.2) is 0 Å². The molecule has 0 bridgehead atoms. The van der Waals surface area contributed by atoms with Crippen LogP contribution in [-0.4, -0.2) is 45.0 Å². The first kappa shape index (κ1) is 13.4. The van der Waals surface area contributed by atoms with Gasteiger partial charge >= 0.3 is 0 Å². The highest BCUT2D eigenvalue weighted by molar-refractivity contribution is 7.85. The van der Waals surface area contributed by atoms with Gasteiger partial charge in [-0.1, -0.05) is 0 Å². The summed E-state index contributed by atoms with van der Waals surface area (Å²) in [5.74, 6) is 0. The van der Waals surface area contributed by atoms with E-state index in [-0.39, 0.29) is 0 Å². The van der Waals surface area contributed by atoms with E-state index in [1.54, 1.807) is 5.06 Å². The van der Waals surface area contributed by atoms with Gasteiger partial charge in [0.1, 0.15) is 0 Å². The van der Waals surface area contributed by atoms with Crippen molar-refractivity contribution in [2.24, 2.45) is 0 Å². The molecule has 0 aliphatic heterocycles. The summed E-state index contributed by atoms with van der Waals surface area (Å²) in [4.78, 5) is 4.88. The second-order valence-electron chi connectivity index (χ2n) is 1.96. The highest BCUT2D eigenvalue weighted by Gasteiger charge is 1.81. The Morgan fingerprint density at radius 1 is 1.45 bits per heavy atom. The fourth-order valence-electron chi connectivity index (χ4n) is 0.258. The Hall–Kier alpha value is -0.170. The Morgan fingerprint density at radius 3 is 1.73 bits per heavy atom. The van der Waals surface area contributed by atoms with Crippen molar-refractivity contribution in [1.82, 2.24) is 5.06 Å². The highest BCUT2D eigenvalue weighted by Crippen LogP contribution is 1.72. The van der Waals surface area contributed by atoms with Crippen LogP contribution in [0.1, 0.15) is 6.92 Å². The van der Waals surface area contributed by atoms with Gasteiger partial charge in [0.25, 0.3) is 10.1 Å². The molecule has 0 saturated carbocycles. The summed E-state index contributed by atoms with van der Waals surface area (Å²) in [6.45, 7) is 2.72. The van der Waals surface area contributed by atoms with Crippen molar-refractivity contribution in [3.8, 4) is 0 Å². The molecule has 0 aromatic rings. The first-order valence-corrected chi connectivity index (χ1v) is 4.85. The summed E-state index contributed by atoms with van der Waals surface area (Å²) >= 11 is 0. The van der Waals surface area contributed by atoms with Gasteiger partial charge in [-0.2, -0.15) is 13.5 Å². The lowest BCUT2D eigenvalue weighted by Gasteiger charge is -2.05. The number of hydrogen-bond donors (Lipinski definition) is 1. The van der Waals surface area contributed by atoms with Crippen LogP contribution in [0, 0.1) is 0 Å². The lowest BCUT2D eigenvalue weighted by atomic mass is 10.9. The van der Waals surface area contributed by atoms with E-state index in [0.29, 0.717) is 6.26 Å². The zero-order chi connectivity index (χ0) is 9.49. The molecule has 0 fully saturated rings. The minimum atomic E-state index is -3.67. The van der Waals surface area contributed by atoms with Crippen LogP contribution in [0.2, 0.25) is 0 Å². The van der Waals surface area contributed by atoms with Crippen molar-refractivity contribution in [3.63, 3.8) is 0 Å². The average Bonchev–Trinajstić information content (AvgIpc) is 1.58. The fraction of sp³-hybridized carbons (Fsp3) is 1.00. The Balaban J connectivity index is 0. The lowest BCUT2D eigenvalue weighted by Crippen LogP contribution is -2.11. The van der Waals surface area contributed by atoms with Crippen LogP contribution in [0.25, 0.3) is 0 Å². The van der Waals surface area contributed by atoms with Gasteiger partial charge in [0, 0.05) is 14.1 Å². The molecule has 0 aliphatic carbocycles. The van der Waals surface area contributed by atoms with E-state index in [1.807, 2.05) is 21.0 Å². The summed E-state index contributed by atoms with van der Waals surface area (Å²) in [5.41, 5.74) is 0. The van der Waals surface area contributed by atoms with Gasteiger partial charge in [0.15, 0.2) is 0 Å².